The molecular weight excluding hydrogens is 290 g/mol. The third-order valence-electron chi connectivity index (χ3n) is 2.78. The summed E-state index contributed by atoms with van der Waals surface area (Å²) < 4.78 is 0. The zero-order chi connectivity index (χ0) is 15.2. The molecule has 6 nitrogen and oxygen atoms in total. The van der Waals surface area contributed by atoms with Gasteiger partial charge in [0.1, 0.15) is 5.01 Å². The topological polar surface area (TPSA) is 92.2 Å². The highest BCUT2D eigenvalue weighted by molar-refractivity contribution is 7.15. The van der Waals surface area contributed by atoms with Gasteiger partial charge in [-0.25, -0.2) is 0 Å². The molecule has 7 heteroatoms. The maximum atomic E-state index is 11.8. The van der Waals surface area contributed by atoms with Crippen LogP contribution in [-0.4, -0.2) is 27.2 Å². The number of aliphatic carboxylic acids is 1. The molecule has 1 heterocycles. The number of aryl methyl sites for hydroxylation is 2. The summed E-state index contributed by atoms with van der Waals surface area (Å²) in [6.45, 7) is 2.01. The van der Waals surface area contributed by atoms with Crippen LogP contribution in [0.3, 0.4) is 0 Å². The van der Waals surface area contributed by atoms with Crippen molar-refractivity contribution in [1.29, 1.82) is 0 Å². The van der Waals surface area contributed by atoms with E-state index >= 15 is 0 Å². The van der Waals surface area contributed by atoms with Crippen LogP contribution in [0.1, 0.15) is 22.6 Å². The number of carboxylic acid groups (broad SMARTS) is 1. The minimum atomic E-state index is -0.969. The fourth-order valence-corrected chi connectivity index (χ4v) is 2.45. The molecule has 2 rings (SSSR count). The minimum Gasteiger partial charge on any atom is -0.481 e. The lowest BCUT2D eigenvalue weighted by atomic mass is 10.1. The maximum Gasteiger partial charge on any atom is 0.310 e. The highest BCUT2D eigenvalue weighted by atomic mass is 32.1. The maximum absolute atomic E-state index is 11.8. The molecule has 0 aliphatic carbocycles. The smallest absolute Gasteiger partial charge is 0.310 e. The van der Waals surface area contributed by atoms with Gasteiger partial charge in [0.15, 0.2) is 0 Å². The zero-order valence-electron chi connectivity index (χ0n) is 11.5. The van der Waals surface area contributed by atoms with Crippen molar-refractivity contribution in [3.05, 3.63) is 40.4 Å². The molecule has 0 unspecified atom stereocenters. The van der Waals surface area contributed by atoms with E-state index in [9.17, 15) is 9.59 Å². The number of rotatable bonds is 6. The van der Waals surface area contributed by atoms with Gasteiger partial charge in [0.25, 0.3) is 0 Å². The first-order valence-electron chi connectivity index (χ1n) is 6.42. The Bertz CT molecular complexity index is 637. The number of anilines is 1. The summed E-state index contributed by atoms with van der Waals surface area (Å²) in [7, 11) is 0. The van der Waals surface area contributed by atoms with Gasteiger partial charge in [-0.2, -0.15) is 0 Å². The molecule has 1 amide bonds. The lowest BCUT2D eigenvalue weighted by Crippen LogP contribution is -2.12. The Balaban J connectivity index is 1.82. The number of benzene rings is 1. The molecule has 110 valence electrons. The quantitative estimate of drug-likeness (QED) is 0.852. The molecule has 1 aromatic carbocycles. The summed E-state index contributed by atoms with van der Waals surface area (Å²) >= 11 is 1.08. The van der Waals surface area contributed by atoms with Gasteiger partial charge in [0, 0.05) is 6.42 Å². The van der Waals surface area contributed by atoms with Gasteiger partial charge in [-0.15, -0.1) is 10.2 Å². The van der Waals surface area contributed by atoms with Gasteiger partial charge < -0.3 is 10.4 Å². The van der Waals surface area contributed by atoms with Crippen LogP contribution in [0, 0.1) is 6.92 Å². The highest BCUT2D eigenvalue weighted by Gasteiger charge is 2.10. The molecule has 0 aliphatic heterocycles. The number of hydrogen-bond acceptors (Lipinski definition) is 5. The van der Waals surface area contributed by atoms with E-state index in [1.807, 2.05) is 31.2 Å². The first kappa shape index (κ1) is 15.1. The molecule has 0 saturated heterocycles. The van der Waals surface area contributed by atoms with E-state index in [1.165, 1.54) is 5.56 Å². The lowest BCUT2D eigenvalue weighted by molar-refractivity contribution is -0.136. The molecule has 0 aliphatic rings. The van der Waals surface area contributed by atoms with Crippen molar-refractivity contribution in [2.75, 3.05) is 5.32 Å². The van der Waals surface area contributed by atoms with Crippen LogP contribution in [0.2, 0.25) is 0 Å². The summed E-state index contributed by atoms with van der Waals surface area (Å²) in [5.74, 6) is -1.13. The Morgan fingerprint density at radius 2 is 1.95 bits per heavy atom. The normalized spacial score (nSPS) is 10.3. The van der Waals surface area contributed by atoms with Crippen molar-refractivity contribution in [3.8, 4) is 0 Å². The van der Waals surface area contributed by atoms with Crippen LogP contribution in [0.4, 0.5) is 5.13 Å². The minimum absolute atomic E-state index is 0.159. The van der Waals surface area contributed by atoms with Crippen LogP contribution in [-0.2, 0) is 22.4 Å². The van der Waals surface area contributed by atoms with Gasteiger partial charge in [0.05, 0.1) is 6.42 Å². The van der Waals surface area contributed by atoms with Crippen molar-refractivity contribution in [2.24, 2.45) is 0 Å². The van der Waals surface area contributed by atoms with Crippen molar-refractivity contribution in [1.82, 2.24) is 10.2 Å². The average Bonchev–Trinajstić information content (AvgIpc) is 2.84. The number of nitrogens with one attached hydrogen (secondary N) is 1. The lowest BCUT2D eigenvalue weighted by Gasteiger charge is -2.02. The highest BCUT2D eigenvalue weighted by Crippen LogP contribution is 2.16. The van der Waals surface area contributed by atoms with E-state index < -0.39 is 5.97 Å². The molecular formula is C14H15N3O3S. The number of carbonyl (C=O) groups is 2. The number of carboxylic acids is 1. The molecule has 0 radical (unpaired) electrons. The number of aromatic nitrogens is 2. The third-order valence-corrected chi connectivity index (χ3v) is 3.62. The Kier molecular flexibility index (Phi) is 4.99. The molecule has 0 saturated carbocycles. The fraction of sp³-hybridized carbons (Fsp3) is 0.286. The summed E-state index contributed by atoms with van der Waals surface area (Å²) in [6, 6.07) is 8.02. The number of hydrogen-bond donors (Lipinski definition) is 2. The fourth-order valence-electron chi connectivity index (χ4n) is 1.70. The molecule has 0 atom stereocenters. The van der Waals surface area contributed by atoms with Crippen molar-refractivity contribution in [3.63, 3.8) is 0 Å². The van der Waals surface area contributed by atoms with Gasteiger partial charge in [0.2, 0.25) is 11.0 Å². The monoisotopic (exact) mass is 305 g/mol. The molecule has 0 spiro atoms. The van der Waals surface area contributed by atoms with E-state index in [4.69, 9.17) is 5.11 Å². The van der Waals surface area contributed by atoms with Gasteiger partial charge in [-0.05, 0) is 18.9 Å². The third kappa shape index (κ3) is 4.96. The largest absolute Gasteiger partial charge is 0.481 e. The second-order valence-corrected chi connectivity index (χ2v) is 5.67. The molecule has 2 N–H and O–H groups in total. The summed E-state index contributed by atoms with van der Waals surface area (Å²) in [5, 5.41) is 19.4. The first-order valence-corrected chi connectivity index (χ1v) is 7.24. The van der Waals surface area contributed by atoms with Crippen molar-refractivity contribution in [2.45, 2.75) is 26.2 Å². The van der Waals surface area contributed by atoms with E-state index in [0.717, 1.165) is 16.9 Å². The zero-order valence-corrected chi connectivity index (χ0v) is 12.3. The number of nitrogens with zero attached hydrogens (tertiary/aromatic N) is 2. The van der Waals surface area contributed by atoms with Crippen LogP contribution >= 0.6 is 11.3 Å². The molecule has 1 aromatic heterocycles. The molecule has 21 heavy (non-hydrogen) atoms. The van der Waals surface area contributed by atoms with Crippen LogP contribution in [0.5, 0.6) is 0 Å². The van der Waals surface area contributed by atoms with E-state index in [0.29, 0.717) is 23.0 Å². The molecule has 0 bridgehead atoms. The summed E-state index contributed by atoms with van der Waals surface area (Å²) in [6.07, 6.45) is 0.806. The Labute approximate surface area is 125 Å². The second kappa shape index (κ2) is 6.94. The van der Waals surface area contributed by atoms with E-state index in [1.54, 1.807) is 0 Å². The number of carbonyl (C=O) groups excluding carboxylic acids is 1. The standard InChI is InChI=1S/C14H15N3O3S/c1-9-2-4-10(5-3-9)6-7-11(18)15-14-17-16-12(21-14)8-13(19)20/h2-5H,6-8H2,1H3,(H,19,20)(H,15,17,18). The predicted molar refractivity (Wildman–Crippen MR) is 79.4 cm³/mol. The van der Waals surface area contributed by atoms with Crippen LogP contribution in [0.25, 0.3) is 0 Å². The van der Waals surface area contributed by atoms with E-state index in [-0.39, 0.29) is 12.3 Å². The Morgan fingerprint density at radius 3 is 2.62 bits per heavy atom. The van der Waals surface area contributed by atoms with Crippen LogP contribution in [0.15, 0.2) is 24.3 Å². The summed E-state index contributed by atoms with van der Waals surface area (Å²) in [5.41, 5.74) is 2.28. The average molecular weight is 305 g/mol. The Hall–Kier alpha value is -2.28. The molecule has 0 fully saturated rings. The molecule has 2 aromatic rings. The van der Waals surface area contributed by atoms with Crippen molar-refractivity contribution >= 4 is 28.3 Å². The van der Waals surface area contributed by atoms with Gasteiger partial charge in [-0.3, -0.25) is 9.59 Å². The van der Waals surface area contributed by atoms with Crippen molar-refractivity contribution < 1.29 is 14.7 Å². The van der Waals surface area contributed by atoms with Gasteiger partial charge in [-0.1, -0.05) is 41.2 Å². The number of amides is 1. The van der Waals surface area contributed by atoms with E-state index in [2.05, 4.69) is 15.5 Å². The predicted octanol–water partition coefficient (Wildman–Crippen LogP) is 2.04. The summed E-state index contributed by atoms with van der Waals surface area (Å²) in [4.78, 5) is 22.3. The second-order valence-electron chi connectivity index (χ2n) is 4.61. The van der Waals surface area contributed by atoms with Crippen LogP contribution < -0.4 is 5.32 Å². The first-order chi connectivity index (χ1) is 10.0. The van der Waals surface area contributed by atoms with Gasteiger partial charge >= 0.3 is 5.97 Å². The SMILES string of the molecule is Cc1ccc(CCC(=O)Nc2nnc(CC(=O)O)s2)cc1. The Morgan fingerprint density at radius 1 is 1.24 bits per heavy atom.